The molecule has 0 spiro atoms. The zero-order chi connectivity index (χ0) is 9.69. The van der Waals surface area contributed by atoms with Crippen molar-refractivity contribution in [2.24, 2.45) is 0 Å². The Kier molecular flexibility index (Phi) is 1.50. The van der Waals surface area contributed by atoms with E-state index in [0.717, 1.165) is 0 Å². The predicted molar refractivity (Wildman–Crippen MR) is 44.0 cm³/mol. The third-order valence-corrected chi connectivity index (χ3v) is 2.87. The molecule has 2 atom stereocenters. The van der Waals surface area contributed by atoms with E-state index in [1.165, 1.54) is 0 Å². The molecule has 4 nitrogen and oxygen atoms in total. The SMILES string of the molecule is CCC12[B]C1(CC)OC(=O)C(=O)O2. The topological polar surface area (TPSA) is 52.6 Å². The lowest BCUT2D eigenvalue weighted by atomic mass is 9.93. The molecular formula is C8H10BO4. The fraction of sp³-hybridized carbons (Fsp3) is 0.750. The second-order valence-corrected chi connectivity index (χ2v) is 3.41. The zero-order valence-corrected chi connectivity index (χ0v) is 7.62. The summed E-state index contributed by atoms with van der Waals surface area (Å²) >= 11 is 0. The Bertz CT molecular complexity index is 262. The van der Waals surface area contributed by atoms with E-state index in [0.29, 0.717) is 12.8 Å². The lowest BCUT2D eigenvalue weighted by molar-refractivity contribution is -0.195. The van der Waals surface area contributed by atoms with E-state index in [4.69, 9.17) is 9.47 Å². The van der Waals surface area contributed by atoms with Gasteiger partial charge in [-0.05, 0) is 12.8 Å². The molecule has 13 heavy (non-hydrogen) atoms. The van der Waals surface area contributed by atoms with E-state index in [1.807, 2.05) is 13.8 Å². The number of ether oxygens (including phenoxy) is 2. The van der Waals surface area contributed by atoms with Crippen molar-refractivity contribution in [2.45, 2.75) is 37.7 Å². The molecule has 0 aromatic heterocycles. The van der Waals surface area contributed by atoms with Crippen LogP contribution in [0.3, 0.4) is 0 Å². The molecule has 2 saturated heterocycles. The monoisotopic (exact) mass is 181 g/mol. The van der Waals surface area contributed by atoms with Gasteiger partial charge in [-0.25, -0.2) is 9.59 Å². The predicted octanol–water partition coefficient (Wildman–Crippen LogP) is 0.0168. The third kappa shape index (κ3) is 0.871. The van der Waals surface area contributed by atoms with Crippen LogP contribution in [-0.4, -0.2) is 30.2 Å². The molecule has 2 heterocycles. The highest BCUT2D eigenvalue weighted by molar-refractivity contribution is 6.61. The van der Waals surface area contributed by atoms with E-state index in [2.05, 4.69) is 0 Å². The van der Waals surface area contributed by atoms with E-state index in [-0.39, 0.29) is 0 Å². The number of carbonyl (C=O) groups excluding carboxylic acids is 2. The first kappa shape index (κ1) is 8.60. The average Bonchev–Trinajstić information content (AvgIpc) is 2.75. The van der Waals surface area contributed by atoms with Crippen LogP contribution in [0.1, 0.15) is 26.7 Å². The van der Waals surface area contributed by atoms with Gasteiger partial charge in [0.25, 0.3) is 0 Å². The molecular weight excluding hydrogens is 171 g/mol. The summed E-state index contributed by atoms with van der Waals surface area (Å²) in [4.78, 5) is 21.9. The fourth-order valence-electron chi connectivity index (χ4n) is 1.93. The summed E-state index contributed by atoms with van der Waals surface area (Å²) in [5, 5.41) is 0. The fourth-order valence-corrected chi connectivity index (χ4v) is 1.93. The van der Waals surface area contributed by atoms with Gasteiger partial charge < -0.3 is 9.47 Å². The first-order valence-electron chi connectivity index (χ1n) is 4.42. The van der Waals surface area contributed by atoms with Crippen molar-refractivity contribution in [1.29, 1.82) is 0 Å². The maximum absolute atomic E-state index is 10.9. The molecule has 0 saturated carbocycles. The van der Waals surface area contributed by atoms with Gasteiger partial charge in [-0.1, -0.05) is 13.8 Å². The molecule has 0 N–H and O–H groups in total. The zero-order valence-electron chi connectivity index (χ0n) is 7.62. The molecule has 5 heteroatoms. The highest BCUT2D eigenvalue weighted by Gasteiger charge is 2.75. The van der Waals surface area contributed by atoms with Crippen molar-refractivity contribution in [3.8, 4) is 0 Å². The Morgan fingerprint density at radius 2 is 1.46 bits per heavy atom. The van der Waals surface area contributed by atoms with Crippen LogP contribution in [0.25, 0.3) is 0 Å². The summed E-state index contributed by atoms with van der Waals surface area (Å²) in [6.07, 6.45) is 1.31. The average molecular weight is 181 g/mol. The normalized spacial score (nSPS) is 41.4. The Morgan fingerprint density at radius 1 is 1.08 bits per heavy atom. The Hall–Kier alpha value is -0.995. The minimum Gasteiger partial charge on any atom is -0.457 e. The van der Waals surface area contributed by atoms with Crippen molar-refractivity contribution >= 4 is 19.2 Å². The minimum atomic E-state index is -0.875. The van der Waals surface area contributed by atoms with Gasteiger partial charge in [-0.15, -0.1) is 0 Å². The van der Waals surface area contributed by atoms with E-state index in [9.17, 15) is 9.59 Å². The van der Waals surface area contributed by atoms with E-state index < -0.39 is 22.9 Å². The molecule has 69 valence electrons. The van der Waals surface area contributed by atoms with Gasteiger partial charge in [0.2, 0.25) is 7.28 Å². The van der Waals surface area contributed by atoms with Crippen LogP contribution in [0.5, 0.6) is 0 Å². The minimum absolute atomic E-state index is 0.632. The van der Waals surface area contributed by atoms with Crippen molar-refractivity contribution in [2.75, 3.05) is 0 Å². The maximum atomic E-state index is 10.9. The molecule has 2 unspecified atom stereocenters. The number of hydrogen-bond acceptors (Lipinski definition) is 4. The summed E-state index contributed by atoms with van der Waals surface area (Å²) < 4.78 is 10.1. The first-order valence-corrected chi connectivity index (χ1v) is 4.42. The Morgan fingerprint density at radius 3 is 1.77 bits per heavy atom. The van der Waals surface area contributed by atoms with Crippen LogP contribution in [-0.2, 0) is 19.1 Å². The largest absolute Gasteiger partial charge is 0.457 e. The van der Waals surface area contributed by atoms with E-state index >= 15 is 0 Å². The second kappa shape index (κ2) is 2.27. The van der Waals surface area contributed by atoms with Crippen LogP contribution in [0.2, 0.25) is 0 Å². The number of carbonyl (C=O) groups is 2. The summed E-state index contributed by atoms with van der Waals surface area (Å²) in [6, 6.07) is 0. The van der Waals surface area contributed by atoms with Crippen molar-refractivity contribution < 1.29 is 19.1 Å². The van der Waals surface area contributed by atoms with Gasteiger partial charge in [0.15, 0.2) is 0 Å². The van der Waals surface area contributed by atoms with Gasteiger partial charge in [0.05, 0.1) is 0 Å². The summed E-state index contributed by atoms with van der Waals surface area (Å²) in [5.41, 5.74) is -1.26. The van der Waals surface area contributed by atoms with Crippen molar-refractivity contribution in [1.82, 2.24) is 0 Å². The quantitative estimate of drug-likeness (QED) is 0.342. The number of rotatable bonds is 2. The molecule has 0 aliphatic carbocycles. The lowest BCUT2D eigenvalue weighted by Gasteiger charge is -2.29. The molecule has 2 fully saturated rings. The van der Waals surface area contributed by atoms with Gasteiger partial charge in [-0.3, -0.25) is 0 Å². The van der Waals surface area contributed by atoms with Gasteiger partial charge in [0.1, 0.15) is 11.0 Å². The summed E-state index contributed by atoms with van der Waals surface area (Å²) in [6.45, 7) is 3.81. The van der Waals surface area contributed by atoms with Gasteiger partial charge >= 0.3 is 11.9 Å². The van der Waals surface area contributed by atoms with Gasteiger partial charge in [-0.2, -0.15) is 0 Å². The van der Waals surface area contributed by atoms with Crippen molar-refractivity contribution in [3.05, 3.63) is 0 Å². The summed E-state index contributed by atoms with van der Waals surface area (Å²) in [7, 11) is 1.79. The standard InChI is InChI=1S/C8H10BO4/c1-3-7-8(4-2,9-7)13-6(11)5(10)12-7/h3-4H2,1-2H3. The molecule has 0 aromatic carbocycles. The highest BCUT2D eigenvalue weighted by atomic mass is 16.7. The number of hydrogen-bond donors (Lipinski definition) is 0. The van der Waals surface area contributed by atoms with Crippen molar-refractivity contribution in [3.63, 3.8) is 0 Å². The first-order chi connectivity index (χ1) is 6.09. The summed E-state index contributed by atoms with van der Waals surface area (Å²) in [5.74, 6) is -1.75. The molecule has 0 bridgehead atoms. The van der Waals surface area contributed by atoms with Crippen LogP contribution >= 0.6 is 0 Å². The Labute approximate surface area is 76.8 Å². The molecule has 2 aliphatic rings. The molecule has 0 aromatic rings. The van der Waals surface area contributed by atoms with E-state index in [1.54, 1.807) is 7.28 Å². The highest BCUT2D eigenvalue weighted by Crippen LogP contribution is 2.52. The number of esters is 2. The second-order valence-electron chi connectivity index (χ2n) is 3.41. The van der Waals surface area contributed by atoms with Crippen LogP contribution in [0.15, 0.2) is 0 Å². The van der Waals surface area contributed by atoms with Gasteiger partial charge in [0, 0.05) is 0 Å². The van der Waals surface area contributed by atoms with Crippen LogP contribution in [0.4, 0.5) is 0 Å². The van der Waals surface area contributed by atoms with Crippen LogP contribution in [0, 0.1) is 0 Å². The lowest BCUT2D eigenvalue weighted by Crippen LogP contribution is -2.43. The smallest absolute Gasteiger partial charge is 0.417 e. The molecule has 2 rings (SSSR count). The molecule has 2 aliphatic heterocycles. The van der Waals surface area contributed by atoms with Crippen LogP contribution < -0.4 is 0 Å². The maximum Gasteiger partial charge on any atom is 0.417 e. The molecule has 0 amide bonds. The third-order valence-electron chi connectivity index (χ3n) is 2.87. The molecule has 1 radical (unpaired) electrons. The number of fused-ring (bicyclic) bond motifs is 1. The Balaban J connectivity index is 2.26.